The summed E-state index contributed by atoms with van der Waals surface area (Å²) in [5.41, 5.74) is 2.15. The highest BCUT2D eigenvalue weighted by Crippen LogP contribution is 2.24. The third-order valence-electron chi connectivity index (χ3n) is 4.46. The number of pyridine rings is 1. The van der Waals surface area contributed by atoms with Crippen LogP contribution >= 0.6 is 0 Å². The van der Waals surface area contributed by atoms with E-state index < -0.39 is 0 Å². The van der Waals surface area contributed by atoms with Gasteiger partial charge in [-0.25, -0.2) is 4.98 Å². The van der Waals surface area contributed by atoms with Gasteiger partial charge in [0.25, 0.3) is 0 Å². The second kappa shape index (κ2) is 6.75. The molecule has 2 aromatic rings. The minimum Gasteiger partial charge on any atom is -0.352 e. The van der Waals surface area contributed by atoms with Gasteiger partial charge >= 0.3 is 0 Å². The maximum atomic E-state index is 12.2. The standard InChI is InChI=1S/C19H26N4O/c1-19(2,3)16-13-23-12-15(7-9-17(23)22-16)21-18(24)10-8-14-6-4-5-11-20-14/h4-6,11,13,15H,7-10,12H2,1-3H3,(H,21,24)/t15-/m0/s1. The molecule has 0 saturated heterocycles. The van der Waals surface area contributed by atoms with E-state index in [0.29, 0.717) is 12.8 Å². The van der Waals surface area contributed by atoms with Gasteiger partial charge in [0.15, 0.2) is 0 Å². The molecule has 1 amide bonds. The number of aryl methyl sites for hydroxylation is 2. The smallest absolute Gasteiger partial charge is 0.220 e. The van der Waals surface area contributed by atoms with Crippen molar-refractivity contribution in [2.24, 2.45) is 0 Å². The van der Waals surface area contributed by atoms with E-state index in [1.807, 2.05) is 18.2 Å². The maximum Gasteiger partial charge on any atom is 0.220 e. The number of imidazole rings is 1. The van der Waals surface area contributed by atoms with Crippen LogP contribution in [-0.2, 0) is 29.6 Å². The Morgan fingerprint density at radius 3 is 2.92 bits per heavy atom. The molecular formula is C19H26N4O. The first kappa shape index (κ1) is 16.7. The molecule has 128 valence electrons. The first-order valence-electron chi connectivity index (χ1n) is 8.67. The SMILES string of the molecule is CC(C)(C)c1cn2c(n1)CC[C@H](NC(=O)CCc1ccccn1)C2. The lowest BCUT2D eigenvalue weighted by atomic mass is 9.93. The van der Waals surface area contributed by atoms with Gasteiger partial charge in [-0.1, -0.05) is 26.8 Å². The molecule has 0 spiro atoms. The molecular weight excluding hydrogens is 300 g/mol. The summed E-state index contributed by atoms with van der Waals surface area (Å²) in [5.74, 6) is 1.24. The second-order valence-corrected chi connectivity index (χ2v) is 7.57. The Bertz CT molecular complexity index is 700. The minimum atomic E-state index is 0.0613. The lowest BCUT2D eigenvalue weighted by molar-refractivity contribution is -0.122. The van der Waals surface area contributed by atoms with Gasteiger partial charge in [-0.3, -0.25) is 9.78 Å². The Kier molecular flexibility index (Phi) is 4.69. The number of rotatable bonds is 4. The molecule has 0 aromatic carbocycles. The Labute approximate surface area is 143 Å². The Balaban J connectivity index is 1.54. The van der Waals surface area contributed by atoms with Gasteiger partial charge in [-0.15, -0.1) is 0 Å². The van der Waals surface area contributed by atoms with Crippen molar-refractivity contribution >= 4 is 5.91 Å². The van der Waals surface area contributed by atoms with Crippen molar-refractivity contribution in [3.8, 4) is 0 Å². The topological polar surface area (TPSA) is 59.8 Å². The molecule has 1 aliphatic heterocycles. The lowest BCUT2D eigenvalue weighted by Gasteiger charge is -2.24. The minimum absolute atomic E-state index is 0.0613. The number of carbonyl (C=O) groups is 1. The fourth-order valence-electron chi connectivity index (χ4n) is 3.01. The molecule has 0 unspecified atom stereocenters. The summed E-state index contributed by atoms with van der Waals surface area (Å²) in [5, 5.41) is 3.16. The Hall–Kier alpha value is -2.17. The van der Waals surface area contributed by atoms with Crippen LogP contribution in [0.15, 0.2) is 30.6 Å². The van der Waals surface area contributed by atoms with Crippen LogP contribution in [0.5, 0.6) is 0 Å². The highest BCUT2D eigenvalue weighted by atomic mass is 16.1. The number of aromatic nitrogens is 3. The van der Waals surface area contributed by atoms with Gasteiger partial charge in [0.05, 0.1) is 5.69 Å². The second-order valence-electron chi connectivity index (χ2n) is 7.57. The van der Waals surface area contributed by atoms with Crippen molar-refractivity contribution < 1.29 is 4.79 Å². The summed E-state index contributed by atoms with van der Waals surface area (Å²) in [6.07, 6.45) is 6.95. The molecule has 0 bridgehead atoms. The van der Waals surface area contributed by atoms with Crippen molar-refractivity contribution in [1.82, 2.24) is 19.9 Å². The van der Waals surface area contributed by atoms with E-state index in [4.69, 9.17) is 4.98 Å². The van der Waals surface area contributed by atoms with Gasteiger partial charge in [0, 0.05) is 48.9 Å². The van der Waals surface area contributed by atoms with Crippen LogP contribution in [0.1, 0.15) is 50.8 Å². The van der Waals surface area contributed by atoms with E-state index in [1.54, 1.807) is 6.20 Å². The van der Waals surface area contributed by atoms with Crippen molar-refractivity contribution in [3.63, 3.8) is 0 Å². The fourth-order valence-corrected chi connectivity index (χ4v) is 3.01. The van der Waals surface area contributed by atoms with E-state index in [0.717, 1.165) is 36.6 Å². The van der Waals surface area contributed by atoms with Gasteiger partial charge in [-0.2, -0.15) is 0 Å². The zero-order chi connectivity index (χ0) is 17.2. The Morgan fingerprint density at radius 2 is 2.21 bits per heavy atom. The first-order chi connectivity index (χ1) is 11.4. The van der Waals surface area contributed by atoms with Crippen molar-refractivity contribution in [2.45, 2.75) is 64.5 Å². The van der Waals surface area contributed by atoms with Crippen LogP contribution in [-0.4, -0.2) is 26.5 Å². The predicted octanol–water partition coefficient (Wildman–Crippen LogP) is 2.64. The number of carbonyl (C=O) groups excluding carboxylic acids is 1. The average molecular weight is 326 g/mol. The molecule has 3 heterocycles. The van der Waals surface area contributed by atoms with Crippen LogP contribution in [0, 0.1) is 0 Å². The van der Waals surface area contributed by atoms with Gasteiger partial charge in [0.1, 0.15) is 5.82 Å². The number of amides is 1. The number of hydrogen-bond acceptors (Lipinski definition) is 3. The summed E-state index contributed by atoms with van der Waals surface area (Å²) in [7, 11) is 0. The summed E-state index contributed by atoms with van der Waals surface area (Å²) in [6.45, 7) is 7.35. The molecule has 1 N–H and O–H groups in total. The zero-order valence-corrected chi connectivity index (χ0v) is 14.7. The van der Waals surface area contributed by atoms with Crippen molar-refractivity contribution in [2.75, 3.05) is 0 Å². The van der Waals surface area contributed by atoms with Crippen LogP contribution in [0.2, 0.25) is 0 Å². The van der Waals surface area contributed by atoms with Crippen molar-refractivity contribution in [1.29, 1.82) is 0 Å². The quantitative estimate of drug-likeness (QED) is 0.939. The van der Waals surface area contributed by atoms with Gasteiger partial charge in [-0.05, 0) is 25.0 Å². The van der Waals surface area contributed by atoms with E-state index in [9.17, 15) is 4.79 Å². The molecule has 5 heteroatoms. The van der Waals surface area contributed by atoms with Crippen LogP contribution in [0.4, 0.5) is 0 Å². The highest BCUT2D eigenvalue weighted by molar-refractivity contribution is 5.76. The number of fused-ring (bicyclic) bond motifs is 1. The average Bonchev–Trinajstić information content (AvgIpc) is 2.97. The fraction of sp³-hybridized carbons (Fsp3) is 0.526. The summed E-state index contributed by atoms with van der Waals surface area (Å²) < 4.78 is 2.20. The third kappa shape index (κ3) is 4.02. The molecule has 1 aliphatic rings. The molecule has 0 radical (unpaired) electrons. The molecule has 2 aromatic heterocycles. The number of nitrogens with one attached hydrogen (secondary N) is 1. The lowest BCUT2D eigenvalue weighted by Crippen LogP contribution is -2.41. The Morgan fingerprint density at radius 1 is 1.38 bits per heavy atom. The van der Waals surface area contributed by atoms with Crippen LogP contribution in [0.25, 0.3) is 0 Å². The first-order valence-corrected chi connectivity index (χ1v) is 8.67. The molecule has 0 fully saturated rings. The predicted molar refractivity (Wildman–Crippen MR) is 93.7 cm³/mol. The molecule has 3 rings (SSSR count). The van der Waals surface area contributed by atoms with Gasteiger partial charge in [0.2, 0.25) is 5.91 Å². The van der Waals surface area contributed by atoms with Crippen LogP contribution < -0.4 is 5.32 Å². The molecule has 0 saturated carbocycles. The maximum absolute atomic E-state index is 12.2. The van der Waals surface area contributed by atoms with Crippen LogP contribution in [0.3, 0.4) is 0 Å². The summed E-state index contributed by atoms with van der Waals surface area (Å²) in [4.78, 5) is 21.2. The van der Waals surface area contributed by atoms with Crippen molar-refractivity contribution in [3.05, 3.63) is 47.8 Å². The van der Waals surface area contributed by atoms with E-state index in [1.165, 1.54) is 0 Å². The zero-order valence-electron chi connectivity index (χ0n) is 14.7. The normalized spacial score (nSPS) is 17.4. The number of nitrogens with zero attached hydrogens (tertiary/aromatic N) is 3. The third-order valence-corrected chi connectivity index (χ3v) is 4.46. The molecule has 0 aliphatic carbocycles. The largest absolute Gasteiger partial charge is 0.352 e. The van der Waals surface area contributed by atoms with E-state index in [-0.39, 0.29) is 17.4 Å². The summed E-state index contributed by atoms with van der Waals surface area (Å²) in [6, 6.07) is 5.99. The molecule has 5 nitrogen and oxygen atoms in total. The molecule has 24 heavy (non-hydrogen) atoms. The van der Waals surface area contributed by atoms with E-state index in [2.05, 4.69) is 41.8 Å². The highest BCUT2D eigenvalue weighted by Gasteiger charge is 2.25. The van der Waals surface area contributed by atoms with Gasteiger partial charge < -0.3 is 9.88 Å². The molecule has 1 atom stereocenters. The van der Waals surface area contributed by atoms with E-state index >= 15 is 0 Å². The summed E-state index contributed by atoms with van der Waals surface area (Å²) >= 11 is 0. The monoisotopic (exact) mass is 326 g/mol. The number of hydrogen-bond donors (Lipinski definition) is 1.